The van der Waals surface area contributed by atoms with Crippen LogP contribution in [0.15, 0.2) is 0 Å². The predicted molar refractivity (Wildman–Crippen MR) is 98.3 cm³/mol. The van der Waals surface area contributed by atoms with Gasteiger partial charge in [-0.2, -0.15) is 0 Å². The first-order valence-corrected chi connectivity index (χ1v) is 12.2. The Bertz CT molecular complexity index is 253. The zero-order chi connectivity index (χ0) is 17.9. The summed E-state index contributed by atoms with van der Waals surface area (Å²) in [5.41, 5.74) is 0. The second kappa shape index (κ2) is 17.8. The van der Waals surface area contributed by atoms with Crippen LogP contribution in [0.1, 0.15) is 19.8 Å². The summed E-state index contributed by atoms with van der Waals surface area (Å²) in [5.74, 6) is 0. The lowest BCUT2D eigenvalue weighted by molar-refractivity contribution is -0.0109. The van der Waals surface area contributed by atoms with Gasteiger partial charge in [-0.25, -0.2) is 0 Å². The molecule has 0 unspecified atom stereocenters. The van der Waals surface area contributed by atoms with Crippen molar-refractivity contribution in [3.8, 4) is 0 Å². The highest BCUT2D eigenvalue weighted by Crippen LogP contribution is 2.11. The molecule has 0 saturated carbocycles. The number of hydrogen-bond acceptors (Lipinski definition) is 6. The van der Waals surface area contributed by atoms with Crippen molar-refractivity contribution in [3.63, 3.8) is 0 Å². The van der Waals surface area contributed by atoms with Gasteiger partial charge in [0.25, 0.3) is 0 Å². The van der Waals surface area contributed by atoms with E-state index in [0.717, 1.165) is 32.1 Å². The summed E-state index contributed by atoms with van der Waals surface area (Å²) in [6.45, 7) is 13.0. The van der Waals surface area contributed by atoms with Gasteiger partial charge < -0.3 is 28.1 Å². The predicted octanol–water partition coefficient (Wildman–Crippen LogP) is 2.72. The van der Waals surface area contributed by atoms with Crippen molar-refractivity contribution in [1.82, 2.24) is 0 Å². The van der Waals surface area contributed by atoms with E-state index in [1.165, 1.54) is 0 Å². The first-order valence-electron chi connectivity index (χ1n) is 9.06. The average Bonchev–Trinajstić information content (AvgIpc) is 2.57. The normalized spacial score (nSPS) is 12.0. The molecule has 0 spiro atoms. The molecule has 24 heavy (non-hydrogen) atoms. The monoisotopic (exact) mass is 366 g/mol. The third kappa shape index (κ3) is 18.3. The molecule has 0 heterocycles. The van der Waals surface area contributed by atoms with Crippen LogP contribution in [0, 0.1) is 0 Å². The Morgan fingerprint density at radius 1 is 0.583 bits per heavy atom. The number of hydrogen-bond donors (Lipinski definition) is 0. The van der Waals surface area contributed by atoms with E-state index < -0.39 is 8.32 Å². The van der Waals surface area contributed by atoms with Crippen molar-refractivity contribution in [3.05, 3.63) is 0 Å². The van der Waals surface area contributed by atoms with Gasteiger partial charge in [-0.3, -0.25) is 0 Å². The SMILES string of the molecule is CCCOCCOCCOCCOCCOCCC[Si](C)(C)OC. The molecule has 0 rings (SSSR count). The Labute approximate surface area is 149 Å². The Balaban J connectivity index is 3.05. The molecule has 0 N–H and O–H groups in total. The number of rotatable bonds is 19. The molecular formula is C17H38O6Si. The van der Waals surface area contributed by atoms with Gasteiger partial charge >= 0.3 is 0 Å². The largest absolute Gasteiger partial charge is 0.420 e. The molecular weight excluding hydrogens is 328 g/mol. The summed E-state index contributed by atoms with van der Waals surface area (Å²) in [5, 5.41) is 0. The fourth-order valence-electron chi connectivity index (χ4n) is 1.83. The van der Waals surface area contributed by atoms with Crippen LogP contribution in [0.25, 0.3) is 0 Å². The van der Waals surface area contributed by atoms with E-state index in [2.05, 4.69) is 20.0 Å². The van der Waals surface area contributed by atoms with E-state index in [1.807, 2.05) is 0 Å². The fourth-order valence-corrected chi connectivity index (χ4v) is 3.03. The summed E-state index contributed by atoms with van der Waals surface area (Å²) in [4.78, 5) is 0. The molecule has 146 valence electrons. The second-order valence-electron chi connectivity index (χ2n) is 6.13. The van der Waals surface area contributed by atoms with Crippen LogP contribution < -0.4 is 0 Å². The van der Waals surface area contributed by atoms with Crippen LogP contribution in [-0.2, 0) is 28.1 Å². The summed E-state index contributed by atoms with van der Waals surface area (Å²) in [6, 6.07) is 1.13. The summed E-state index contributed by atoms with van der Waals surface area (Å²) in [7, 11) is 0.372. The minimum absolute atomic E-state index is 0.587. The topological polar surface area (TPSA) is 55.4 Å². The Hall–Kier alpha value is -0.0231. The lowest BCUT2D eigenvalue weighted by Gasteiger charge is -2.19. The number of ether oxygens (including phenoxy) is 5. The average molecular weight is 367 g/mol. The van der Waals surface area contributed by atoms with Crippen molar-refractivity contribution < 1.29 is 28.1 Å². The van der Waals surface area contributed by atoms with Gasteiger partial charge in [0, 0.05) is 20.3 Å². The maximum absolute atomic E-state index is 5.54. The molecule has 0 radical (unpaired) electrons. The van der Waals surface area contributed by atoms with Gasteiger partial charge in [0.2, 0.25) is 0 Å². The highest BCUT2D eigenvalue weighted by molar-refractivity contribution is 6.71. The first-order chi connectivity index (χ1) is 11.6. The standard InChI is InChI=1S/C17H38O6Si/c1-5-7-19-9-11-21-13-15-23-16-14-22-12-10-20-8-6-17-24(3,4)18-2/h5-17H2,1-4H3. The lowest BCUT2D eigenvalue weighted by atomic mass is 10.5. The van der Waals surface area contributed by atoms with E-state index in [4.69, 9.17) is 28.1 Å². The third-order valence-corrected chi connectivity index (χ3v) is 6.12. The highest BCUT2D eigenvalue weighted by Gasteiger charge is 2.19. The zero-order valence-corrected chi connectivity index (χ0v) is 17.1. The van der Waals surface area contributed by atoms with Crippen LogP contribution in [0.4, 0.5) is 0 Å². The van der Waals surface area contributed by atoms with E-state index >= 15 is 0 Å². The Morgan fingerprint density at radius 2 is 0.958 bits per heavy atom. The smallest absolute Gasteiger partial charge is 0.186 e. The molecule has 0 aromatic rings. The van der Waals surface area contributed by atoms with E-state index in [9.17, 15) is 0 Å². The molecule has 0 bridgehead atoms. The van der Waals surface area contributed by atoms with Crippen LogP contribution in [0.3, 0.4) is 0 Å². The van der Waals surface area contributed by atoms with Crippen LogP contribution >= 0.6 is 0 Å². The minimum atomic E-state index is -1.43. The van der Waals surface area contributed by atoms with Gasteiger partial charge in [0.15, 0.2) is 8.32 Å². The molecule has 0 aromatic heterocycles. The molecule has 0 atom stereocenters. The molecule has 0 aromatic carbocycles. The van der Waals surface area contributed by atoms with E-state index in [0.29, 0.717) is 52.9 Å². The quantitative estimate of drug-likeness (QED) is 0.259. The summed E-state index contributed by atoms with van der Waals surface area (Å²) < 4.78 is 32.6. The molecule has 6 nitrogen and oxygen atoms in total. The van der Waals surface area contributed by atoms with Crippen molar-refractivity contribution >= 4 is 8.32 Å². The zero-order valence-electron chi connectivity index (χ0n) is 16.1. The molecule has 0 aliphatic rings. The maximum Gasteiger partial charge on any atom is 0.186 e. The summed E-state index contributed by atoms with van der Waals surface area (Å²) >= 11 is 0. The Morgan fingerprint density at radius 3 is 1.33 bits per heavy atom. The molecule has 0 aliphatic carbocycles. The van der Waals surface area contributed by atoms with Crippen molar-refractivity contribution in [2.75, 3.05) is 73.2 Å². The minimum Gasteiger partial charge on any atom is -0.420 e. The fraction of sp³-hybridized carbons (Fsp3) is 1.00. The van der Waals surface area contributed by atoms with E-state index in [-0.39, 0.29) is 0 Å². The third-order valence-electron chi connectivity index (χ3n) is 3.46. The van der Waals surface area contributed by atoms with Gasteiger partial charge in [-0.1, -0.05) is 6.92 Å². The van der Waals surface area contributed by atoms with Crippen molar-refractivity contribution in [2.45, 2.75) is 38.9 Å². The first kappa shape index (κ1) is 24.0. The molecule has 0 fully saturated rings. The second-order valence-corrected chi connectivity index (χ2v) is 10.6. The van der Waals surface area contributed by atoms with Gasteiger partial charge in [-0.05, 0) is 32.0 Å². The van der Waals surface area contributed by atoms with Crippen LogP contribution in [-0.4, -0.2) is 81.5 Å². The Kier molecular flexibility index (Phi) is 17.8. The van der Waals surface area contributed by atoms with Gasteiger partial charge in [0.05, 0.1) is 52.9 Å². The maximum atomic E-state index is 5.54. The molecule has 0 aliphatic heterocycles. The van der Waals surface area contributed by atoms with Crippen molar-refractivity contribution in [1.29, 1.82) is 0 Å². The van der Waals surface area contributed by atoms with Crippen LogP contribution in [0.2, 0.25) is 19.1 Å². The van der Waals surface area contributed by atoms with Gasteiger partial charge in [-0.15, -0.1) is 0 Å². The molecule has 0 saturated heterocycles. The molecule has 7 heteroatoms. The lowest BCUT2D eigenvalue weighted by Crippen LogP contribution is -2.28. The van der Waals surface area contributed by atoms with Crippen LogP contribution in [0.5, 0.6) is 0 Å². The van der Waals surface area contributed by atoms with E-state index in [1.54, 1.807) is 7.11 Å². The van der Waals surface area contributed by atoms with Crippen molar-refractivity contribution in [2.24, 2.45) is 0 Å². The molecule has 0 amide bonds. The highest BCUT2D eigenvalue weighted by atomic mass is 28.4. The van der Waals surface area contributed by atoms with Gasteiger partial charge in [0.1, 0.15) is 0 Å². The summed E-state index contributed by atoms with van der Waals surface area (Å²) in [6.07, 6.45) is 2.10.